The molecule has 5 heteroatoms. The predicted molar refractivity (Wildman–Crippen MR) is 94.4 cm³/mol. The first-order valence-electron chi connectivity index (χ1n) is 7.41. The summed E-state index contributed by atoms with van der Waals surface area (Å²) in [4.78, 5) is 16.3. The van der Waals surface area contributed by atoms with Crippen LogP contribution in [0.5, 0.6) is 5.75 Å². The third-order valence-electron chi connectivity index (χ3n) is 3.35. The molecule has 0 fully saturated rings. The number of anilines is 1. The molecule has 3 rings (SSSR count). The van der Waals surface area contributed by atoms with E-state index < -0.39 is 0 Å². The van der Waals surface area contributed by atoms with Crippen molar-refractivity contribution in [3.05, 3.63) is 89.1 Å². The Labute approximate surface area is 145 Å². The number of rotatable bonds is 5. The zero-order valence-corrected chi connectivity index (χ0v) is 13.5. The number of nitrogens with zero attached hydrogens (tertiary/aromatic N) is 1. The van der Waals surface area contributed by atoms with Gasteiger partial charge in [0.25, 0.3) is 5.91 Å². The molecule has 0 saturated heterocycles. The second kappa shape index (κ2) is 7.62. The Morgan fingerprint density at radius 3 is 2.67 bits per heavy atom. The number of benzene rings is 2. The molecule has 2 aromatic carbocycles. The maximum absolute atomic E-state index is 12.3. The molecule has 1 aromatic heterocycles. The van der Waals surface area contributed by atoms with E-state index in [-0.39, 0.29) is 5.91 Å². The van der Waals surface area contributed by atoms with Gasteiger partial charge in [-0.05, 0) is 36.4 Å². The monoisotopic (exact) mass is 338 g/mol. The summed E-state index contributed by atoms with van der Waals surface area (Å²) < 4.78 is 5.73. The number of aromatic nitrogens is 1. The molecule has 120 valence electrons. The Kier molecular flexibility index (Phi) is 5.08. The van der Waals surface area contributed by atoms with Crippen molar-refractivity contribution in [3.63, 3.8) is 0 Å². The molecule has 4 nitrogen and oxygen atoms in total. The minimum atomic E-state index is -0.239. The van der Waals surface area contributed by atoms with Crippen LogP contribution in [-0.2, 0) is 6.61 Å². The number of carbonyl (C=O) groups excluding carboxylic acids is 1. The van der Waals surface area contributed by atoms with Crippen molar-refractivity contribution < 1.29 is 9.53 Å². The fraction of sp³-hybridized carbons (Fsp3) is 0.0526. The maximum Gasteiger partial charge on any atom is 0.256 e. The third-order valence-corrected chi connectivity index (χ3v) is 3.72. The summed E-state index contributed by atoms with van der Waals surface area (Å²) in [7, 11) is 0. The van der Waals surface area contributed by atoms with E-state index in [1.54, 1.807) is 42.6 Å². The van der Waals surface area contributed by atoms with Crippen molar-refractivity contribution in [1.29, 1.82) is 0 Å². The quantitative estimate of drug-likeness (QED) is 0.741. The van der Waals surface area contributed by atoms with Crippen LogP contribution in [0.15, 0.2) is 72.9 Å². The van der Waals surface area contributed by atoms with Crippen LogP contribution in [0.25, 0.3) is 0 Å². The number of ether oxygens (including phenoxy) is 1. The number of hydrogen-bond donors (Lipinski definition) is 1. The summed E-state index contributed by atoms with van der Waals surface area (Å²) >= 11 is 6.11. The molecular weight excluding hydrogens is 324 g/mol. The van der Waals surface area contributed by atoms with Gasteiger partial charge in [-0.2, -0.15) is 0 Å². The average Bonchev–Trinajstić information content (AvgIpc) is 2.62. The summed E-state index contributed by atoms with van der Waals surface area (Å²) in [5.74, 6) is 0.866. The molecule has 1 amide bonds. The van der Waals surface area contributed by atoms with E-state index in [9.17, 15) is 4.79 Å². The number of amides is 1. The summed E-state index contributed by atoms with van der Waals surface area (Å²) in [6, 6.07) is 19.8. The molecular formula is C19H15ClN2O2. The lowest BCUT2D eigenvalue weighted by atomic mass is 10.2. The van der Waals surface area contributed by atoms with E-state index >= 15 is 0 Å². The zero-order chi connectivity index (χ0) is 16.8. The molecule has 0 saturated carbocycles. The van der Waals surface area contributed by atoms with Gasteiger partial charge in [0.15, 0.2) is 0 Å². The van der Waals surface area contributed by atoms with Gasteiger partial charge in [-0.3, -0.25) is 4.79 Å². The molecule has 0 radical (unpaired) electrons. The highest BCUT2D eigenvalue weighted by molar-refractivity contribution is 6.31. The highest BCUT2D eigenvalue weighted by Crippen LogP contribution is 2.19. The van der Waals surface area contributed by atoms with Crippen molar-refractivity contribution in [2.75, 3.05) is 5.32 Å². The Bertz CT molecular complexity index is 838. The predicted octanol–water partition coefficient (Wildman–Crippen LogP) is 4.57. The molecule has 1 N–H and O–H groups in total. The van der Waals surface area contributed by atoms with Crippen LogP contribution < -0.4 is 10.1 Å². The lowest BCUT2D eigenvalue weighted by molar-refractivity contribution is 0.102. The fourth-order valence-corrected chi connectivity index (χ4v) is 2.32. The molecule has 0 atom stereocenters. The molecule has 0 aliphatic heterocycles. The van der Waals surface area contributed by atoms with E-state index in [1.165, 1.54) is 0 Å². The van der Waals surface area contributed by atoms with E-state index in [1.807, 2.05) is 30.3 Å². The molecule has 0 bridgehead atoms. The molecule has 1 heterocycles. The van der Waals surface area contributed by atoms with E-state index in [0.29, 0.717) is 28.8 Å². The van der Waals surface area contributed by atoms with E-state index in [0.717, 1.165) is 5.56 Å². The van der Waals surface area contributed by atoms with E-state index in [4.69, 9.17) is 16.3 Å². The number of halogens is 1. The normalized spacial score (nSPS) is 10.2. The van der Waals surface area contributed by atoms with Crippen LogP contribution in [0.1, 0.15) is 15.9 Å². The topological polar surface area (TPSA) is 51.2 Å². The Morgan fingerprint density at radius 2 is 1.88 bits per heavy atom. The minimum Gasteiger partial charge on any atom is -0.489 e. The second-order valence-electron chi connectivity index (χ2n) is 5.08. The van der Waals surface area contributed by atoms with Gasteiger partial charge in [-0.25, -0.2) is 4.98 Å². The van der Waals surface area contributed by atoms with Crippen molar-refractivity contribution in [1.82, 2.24) is 4.98 Å². The SMILES string of the molecule is O=C(Nc1ccccn1)c1cccc(OCc2ccccc2Cl)c1. The van der Waals surface area contributed by atoms with E-state index in [2.05, 4.69) is 10.3 Å². The van der Waals surface area contributed by atoms with Gasteiger partial charge in [-0.15, -0.1) is 0 Å². The molecule has 24 heavy (non-hydrogen) atoms. The van der Waals surface area contributed by atoms with Crippen molar-refractivity contribution in [2.45, 2.75) is 6.61 Å². The average molecular weight is 339 g/mol. The fourth-order valence-electron chi connectivity index (χ4n) is 2.13. The summed E-state index contributed by atoms with van der Waals surface area (Å²) in [5, 5.41) is 3.40. The van der Waals surface area contributed by atoms with Crippen LogP contribution in [0.2, 0.25) is 5.02 Å². The lowest BCUT2D eigenvalue weighted by Gasteiger charge is -2.09. The Balaban J connectivity index is 1.68. The Hall–Kier alpha value is -2.85. The van der Waals surface area contributed by atoms with Crippen LogP contribution in [0, 0.1) is 0 Å². The van der Waals surface area contributed by atoms with Gasteiger partial charge < -0.3 is 10.1 Å². The van der Waals surface area contributed by atoms with Gasteiger partial charge in [0, 0.05) is 22.3 Å². The number of pyridine rings is 1. The highest BCUT2D eigenvalue weighted by atomic mass is 35.5. The van der Waals surface area contributed by atoms with Crippen LogP contribution in [0.4, 0.5) is 5.82 Å². The number of hydrogen-bond acceptors (Lipinski definition) is 3. The first-order chi connectivity index (χ1) is 11.7. The Morgan fingerprint density at radius 1 is 1.04 bits per heavy atom. The van der Waals surface area contributed by atoms with Crippen LogP contribution >= 0.6 is 11.6 Å². The zero-order valence-electron chi connectivity index (χ0n) is 12.8. The minimum absolute atomic E-state index is 0.239. The van der Waals surface area contributed by atoms with Gasteiger partial charge >= 0.3 is 0 Å². The molecule has 0 spiro atoms. The summed E-state index contributed by atoms with van der Waals surface area (Å²) in [6.45, 7) is 0.338. The third kappa shape index (κ3) is 4.12. The summed E-state index contributed by atoms with van der Waals surface area (Å²) in [6.07, 6.45) is 1.62. The largest absolute Gasteiger partial charge is 0.489 e. The summed E-state index contributed by atoms with van der Waals surface area (Å²) in [5.41, 5.74) is 1.39. The van der Waals surface area contributed by atoms with Crippen LogP contribution in [-0.4, -0.2) is 10.9 Å². The highest BCUT2D eigenvalue weighted by Gasteiger charge is 2.08. The van der Waals surface area contributed by atoms with Gasteiger partial charge in [0.2, 0.25) is 0 Å². The van der Waals surface area contributed by atoms with Crippen molar-refractivity contribution >= 4 is 23.3 Å². The number of nitrogens with one attached hydrogen (secondary N) is 1. The lowest BCUT2D eigenvalue weighted by Crippen LogP contribution is -2.12. The van der Waals surface area contributed by atoms with Gasteiger partial charge in [0.1, 0.15) is 18.2 Å². The maximum atomic E-state index is 12.3. The molecule has 0 aliphatic carbocycles. The van der Waals surface area contributed by atoms with Crippen molar-refractivity contribution in [3.8, 4) is 5.75 Å². The van der Waals surface area contributed by atoms with Gasteiger partial charge in [0.05, 0.1) is 0 Å². The first kappa shape index (κ1) is 16.0. The van der Waals surface area contributed by atoms with Gasteiger partial charge in [-0.1, -0.05) is 41.9 Å². The molecule has 0 unspecified atom stereocenters. The standard InChI is InChI=1S/C19H15ClN2O2/c20-17-9-2-1-6-15(17)13-24-16-8-5-7-14(12-16)19(23)22-18-10-3-4-11-21-18/h1-12H,13H2,(H,21,22,23). The van der Waals surface area contributed by atoms with Crippen LogP contribution in [0.3, 0.4) is 0 Å². The molecule has 0 aliphatic rings. The smallest absolute Gasteiger partial charge is 0.256 e. The molecule has 3 aromatic rings. The second-order valence-corrected chi connectivity index (χ2v) is 5.48. The first-order valence-corrected chi connectivity index (χ1v) is 7.79. The number of carbonyl (C=O) groups is 1. The van der Waals surface area contributed by atoms with Crippen molar-refractivity contribution in [2.24, 2.45) is 0 Å².